The first-order valence-electron chi connectivity index (χ1n) is 8.24. The van der Waals surface area contributed by atoms with Gasteiger partial charge in [0.25, 0.3) is 0 Å². The molecule has 0 bridgehead atoms. The highest BCUT2D eigenvalue weighted by Gasteiger charge is 2.17. The summed E-state index contributed by atoms with van der Waals surface area (Å²) in [5, 5.41) is 0. The zero-order chi connectivity index (χ0) is 14.4. The normalized spacial score (nSPS) is 17.8. The van der Waals surface area contributed by atoms with E-state index in [2.05, 4.69) is 43.5 Å². The van der Waals surface area contributed by atoms with Gasteiger partial charge in [0.2, 0.25) is 0 Å². The fourth-order valence-electron chi connectivity index (χ4n) is 3.30. The minimum absolute atomic E-state index is 0.417. The van der Waals surface area contributed by atoms with Gasteiger partial charge in [-0.15, -0.1) is 0 Å². The molecule has 1 aromatic rings. The Morgan fingerprint density at radius 1 is 1.15 bits per heavy atom. The van der Waals surface area contributed by atoms with E-state index < -0.39 is 0 Å². The number of nitrogens with one attached hydrogen (secondary N) is 1. The van der Waals surface area contributed by atoms with Crippen LogP contribution >= 0.6 is 0 Å². The first-order chi connectivity index (χ1) is 9.69. The maximum atomic E-state index is 5.73. The second-order valence-electron chi connectivity index (χ2n) is 6.69. The highest BCUT2D eigenvalue weighted by Crippen LogP contribution is 2.29. The molecule has 1 aliphatic rings. The van der Waals surface area contributed by atoms with Crippen molar-refractivity contribution in [3.63, 3.8) is 0 Å². The lowest BCUT2D eigenvalue weighted by Crippen LogP contribution is -2.37. The minimum Gasteiger partial charge on any atom is -0.271 e. The number of nitrogens with two attached hydrogens (primary N) is 1. The van der Waals surface area contributed by atoms with Crippen LogP contribution in [0.5, 0.6) is 0 Å². The Bertz CT molecular complexity index is 377. The SMILES string of the molecule is CC(C)c1ccc(CC(CCC2CCCC2)NN)cc1. The molecular weight excluding hydrogens is 244 g/mol. The van der Waals surface area contributed by atoms with E-state index in [-0.39, 0.29) is 0 Å². The lowest BCUT2D eigenvalue weighted by molar-refractivity contribution is 0.407. The van der Waals surface area contributed by atoms with Crippen molar-refractivity contribution in [2.45, 2.75) is 70.8 Å². The van der Waals surface area contributed by atoms with Crippen molar-refractivity contribution in [2.75, 3.05) is 0 Å². The van der Waals surface area contributed by atoms with E-state index in [0.29, 0.717) is 12.0 Å². The summed E-state index contributed by atoms with van der Waals surface area (Å²) in [7, 11) is 0. The van der Waals surface area contributed by atoms with E-state index in [1.54, 1.807) is 0 Å². The summed E-state index contributed by atoms with van der Waals surface area (Å²) in [6.45, 7) is 4.47. The van der Waals surface area contributed by atoms with E-state index in [9.17, 15) is 0 Å². The number of hydrogen-bond acceptors (Lipinski definition) is 2. The number of hydrazine groups is 1. The Morgan fingerprint density at radius 3 is 2.35 bits per heavy atom. The van der Waals surface area contributed by atoms with Crippen LogP contribution in [-0.4, -0.2) is 6.04 Å². The van der Waals surface area contributed by atoms with Gasteiger partial charge in [-0.25, -0.2) is 0 Å². The lowest BCUT2D eigenvalue weighted by atomic mass is 9.94. The summed E-state index contributed by atoms with van der Waals surface area (Å²) < 4.78 is 0. The molecule has 1 aliphatic carbocycles. The van der Waals surface area contributed by atoms with Crippen LogP contribution in [0.2, 0.25) is 0 Å². The molecule has 0 aliphatic heterocycles. The molecule has 1 unspecified atom stereocenters. The summed E-state index contributed by atoms with van der Waals surface area (Å²) in [6, 6.07) is 9.44. The monoisotopic (exact) mass is 274 g/mol. The Balaban J connectivity index is 1.82. The van der Waals surface area contributed by atoms with Crippen molar-refractivity contribution in [2.24, 2.45) is 11.8 Å². The molecule has 1 aromatic carbocycles. The summed E-state index contributed by atoms with van der Waals surface area (Å²) in [5.74, 6) is 7.29. The summed E-state index contributed by atoms with van der Waals surface area (Å²) >= 11 is 0. The Morgan fingerprint density at radius 2 is 1.80 bits per heavy atom. The van der Waals surface area contributed by atoms with E-state index in [0.717, 1.165) is 12.3 Å². The maximum absolute atomic E-state index is 5.73. The summed E-state index contributed by atoms with van der Waals surface area (Å²) in [5.41, 5.74) is 5.82. The van der Waals surface area contributed by atoms with Crippen molar-refractivity contribution < 1.29 is 0 Å². The quantitative estimate of drug-likeness (QED) is 0.579. The van der Waals surface area contributed by atoms with Crippen LogP contribution in [0.4, 0.5) is 0 Å². The second kappa shape index (κ2) is 7.80. The van der Waals surface area contributed by atoms with Gasteiger partial charge in [-0.05, 0) is 42.2 Å². The molecule has 2 rings (SSSR count). The molecule has 0 spiro atoms. The molecular formula is C18H30N2. The van der Waals surface area contributed by atoms with Crippen molar-refractivity contribution in [1.29, 1.82) is 0 Å². The van der Waals surface area contributed by atoms with Crippen molar-refractivity contribution in [1.82, 2.24) is 5.43 Å². The third kappa shape index (κ3) is 4.60. The molecule has 0 heterocycles. The van der Waals surface area contributed by atoms with Gasteiger partial charge in [0, 0.05) is 6.04 Å². The van der Waals surface area contributed by atoms with E-state index >= 15 is 0 Å². The highest BCUT2D eigenvalue weighted by atomic mass is 15.2. The molecule has 2 heteroatoms. The van der Waals surface area contributed by atoms with Gasteiger partial charge in [0.05, 0.1) is 0 Å². The zero-order valence-electron chi connectivity index (χ0n) is 13.1. The first kappa shape index (κ1) is 15.5. The van der Waals surface area contributed by atoms with Crippen molar-refractivity contribution >= 4 is 0 Å². The van der Waals surface area contributed by atoms with Gasteiger partial charge >= 0.3 is 0 Å². The fraction of sp³-hybridized carbons (Fsp3) is 0.667. The molecule has 3 N–H and O–H groups in total. The Kier molecular flexibility index (Phi) is 6.06. The topological polar surface area (TPSA) is 38.0 Å². The largest absolute Gasteiger partial charge is 0.271 e. The Labute approximate surface area is 124 Å². The molecule has 1 saturated carbocycles. The van der Waals surface area contributed by atoms with Crippen molar-refractivity contribution in [3.8, 4) is 0 Å². The predicted molar refractivity (Wildman–Crippen MR) is 86.5 cm³/mol. The average molecular weight is 274 g/mol. The lowest BCUT2D eigenvalue weighted by Gasteiger charge is -2.18. The van der Waals surface area contributed by atoms with Crippen LogP contribution in [0.15, 0.2) is 24.3 Å². The molecule has 112 valence electrons. The van der Waals surface area contributed by atoms with E-state index in [4.69, 9.17) is 5.84 Å². The zero-order valence-corrected chi connectivity index (χ0v) is 13.1. The van der Waals surface area contributed by atoms with Crippen LogP contribution in [-0.2, 0) is 6.42 Å². The molecule has 0 radical (unpaired) electrons. The minimum atomic E-state index is 0.417. The number of benzene rings is 1. The Hall–Kier alpha value is -0.860. The predicted octanol–water partition coefficient (Wildman–Crippen LogP) is 4.15. The van der Waals surface area contributed by atoms with Gasteiger partial charge in [0.15, 0.2) is 0 Å². The molecule has 2 nitrogen and oxygen atoms in total. The van der Waals surface area contributed by atoms with Gasteiger partial charge in [-0.3, -0.25) is 11.3 Å². The molecule has 0 saturated heterocycles. The summed E-state index contributed by atoms with van der Waals surface area (Å²) in [4.78, 5) is 0. The second-order valence-corrected chi connectivity index (χ2v) is 6.69. The number of rotatable bonds is 7. The van der Waals surface area contributed by atoms with E-state index in [1.807, 2.05) is 0 Å². The fourth-order valence-corrected chi connectivity index (χ4v) is 3.30. The van der Waals surface area contributed by atoms with Gasteiger partial charge in [-0.1, -0.05) is 63.8 Å². The third-order valence-corrected chi connectivity index (χ3v) is 4.76. The smallest absolute Gasteiger partial charge is 0.0251 e. The molecule has 1 fully saturated rings. The molecule has 1 atom stereocenters. The van der Waals surface area contributed by atoms with Crippen LogP contribution in [0.1, 0.15) is 69.4 Å². The van der Waals surface area contributed by atoms with Crippen LogP contribution in [0.25, 0.3) is 0 Å². The van der Waals surface area contributed by atoms with Crippen LogP contribution < -0.4 is 11.3 Å². The van der Waals surface area contributed by atoms with E-state index in [1.165, 1.54) is 49.7 Å². The standard InChI is InChI=1S/C18H30N2/c1-14(2)17-10-7-16(8-11-17)13-18(20-19)12-9-15-5-3-4-6-15/h7-8,10-11,14-15,18,20H,3-6,9,12-13,19H2,1-2H3. The summed E-state index contributed by atoms with van der Waals surface area (Å²) in [6.07, 6.45) is 9.30. The van der Waals surface area contributed by atoms with Crippen LogP contribution in [0.3, 0.4) is 0 Å². The van der Waals surface area contributed by atoms with Crippen molar-refractivity contribution in [3.05, 3.63) is 35.4 Å². The average Bonchev–Trinajstić information content (AvgIpc) is 2.97. The maximum Gasteiger partial charge on any atom is 0.0251 e. The third-order valence-electron chi connectivity index (χ3n) is 4.76. The molecule has 20 heavy (non-hydrogen) atoms. The highest BCUT2D eigenvalue weighted by molar-refractivity contribution is 5.25. The first-order valence-corrected chi connectivity index (χ1v) is 8.24. The van der Waals surface area contributed by atoms with Gasteiger partial charge in [0.1, 0.15) is 0 Å². The van der Waals surface area contributed by atoms with Gasteiger partial charge < -0.3 is 0 Å². The molecule has 0 amide bonds. The van der Waals surface area contributed by atoms with Gasteiger partial charge in [-0.2, -0.15) is 0 Å². The molecule has 0 aromatic heterocycles. The van der Waals surface area contributed by atoms with Crippen LogP contribution in [0, 0.1) is 5.92 Å². The number of hydrogen-bond donors (Lipinski definition) is 2.